The summed E-state index contributed by atoms with van der Waals surface area (Å²) in [5.41, 5.74) is 1.61. The molecule has 6 nitrogen and oxygen atoms in total. The molecule has 2 aromatic carbocycles. The van der Waals surface area contributed by atoms with Gasteiger partial charge in [0, 0.05) is 18.8 Å². The van der Waals surface area contributed by atoms with Crippen molar-refractivity contribution in [1.29, 1.82) is 0 Å². The van der Waals surface area contributed by atoms with E-state index in [0.717, 1.165) is 24.8 Å². The van der Waals surface area contributed by atoms with Gasteiger partial charge in [-0.3, -0.25) is 4.79 Å². The highest BCUT2D eigenvalue weighted by molar-refractivity contribution is 7.89. The second kappa shape index (κ2) is 10.5. The number of hydrogen-bond acceptors (Lipinski definition) is 4. The first-order chi connectivity index (χ1) is 15.2. The van der Waals surface area contributed by atoms with Crippen molar-refractivity contribution >= 4 is 21.6 Å². The van der Waals surface area contributed by atoms with Crippen LogP contribution < -0.4 is 10.1 Å². The van der Waals surface area contributed by atoms with E-state index in [2.05, 4.69) is 26.1 Å². The highest BCUT2D eigenvalue weighted by Crippen LogP contribution is 2.29. The van der Waals surface area contributed by atoms with Crippen LogP contribution in [0, 0.1) is 5.92 Å². The number of piperidine rings is 1. The summed E-state index contributed by atoms with van der Waals surface area (Å²) in [6, 6.07) is 14.1. The maximum atomic E-state index is 12.9. The van der Waals surface area contributed by atoms with Crippen LogP contribution in [0.15, 0.2) is 53.4 Å². The maximum Gasteiger partial charge on any atom is 0.265 e. The molecule has 0 saturated carbocycles. The van der Waals surface area contributed by atoms with E-state index in [9.17, 15) is 13.2 Å². The molecule has 0 spiro atoms. The lowest BCUT2D eigenvalue weighted by molar-refractivity contribution is -0.122. The fraction of sp³-hybridized carbons (Fsp3) is 0.480. The molecule has 2 unspecified atom stereocenters. The molecule has 174 valence electrons. The van der Waals surface area contributed by atoms with Crippen molar-refractivity contribution in [3.8, 4) is 5.75 Å². The van der Waals surface area contributed by atoms with Crippen molar-refractivity contribution in [1.82, 2.24) is 4.31 Å². The van der Waals surface area contributed by atoms with Crippen LogP contribution in [-0.2, 0) is 14.8 Å². The van der Waals surface area contributed by atoms with Crippen LogP contribution in [0.25, 0.3) is 0 Å². The van der Waals surface area contributed by atoms with Crippen LogP contribution in [-0.4, -0.2) is 37.8 Å². The average molecular weight is 459 g/mol. The Bertz CT molecular complexity index is 1010. The molecule has 1 saturated heterocycles. The minimum absolute atomic E-state index is 0.247. The van der Waals surface area contributed by atoms with Gasteiger partial charge in [0.2, 0.25) is 10.0 Å². The van der Waals surface area contributed by atoms with Crippen molar-refractivity contribution in [3.05, 3.63) is 54.1 Å². The van der Waals surface area contributed by atoms with Crippen LogP contribution in [0.2, 0.25) is 0 Å². The predicted octanol–water partition coefficient (Wildman–Crippen LogP) is 5.03. The third-order valence-electron chi connectivity index (χ3n) is 6.24. The molecule has 7 heteroatoms. The summed E-state index contributed by atoms with van der Waals surface area (Å²) in [5, 5.41) is 2.82. The molecule has 1 fully saturated rings. The average Bonchev–Trinajstić information content (AvgIpc) is 2.79. The Balaban J connectivity index is 1.64. The first-order valence-corrected chi connectivity index (χ1v) is 12.8. The third kappa shape index (κ3) is 5.70. The molecule has 2 aromatic rings. The fourth-order valence-electron chi connectivity index (χ4n) is 3.79. The van der Waals surface area contributed by atoms with Gasteiger partial charge in [-0.15, -0.1) is 0 Å². The number of carbonyl (C=O) groups excluding carboxylic acids is 1. The van der Waals surface area contributed by atoms with E-state index in [0.29, 0.717) is 36.4 Å². The Morgan fingerprint density at radius 1 is 1.09 bits per heavy atom. The van der Waals surface area contributed by atoms with E-state index < -0.39 is 16.1 Å². The summed E-state index contributed by atoms with van der Waals surface area (Å²) < 4.78 is 33.2. The topological polar surface area (TPSA) is 75.7 Å². The van der Waals surface area contributed by atoms with Crippen molar-refractivity contribution in [2.75, 3.05) is 18.4 Å². The monoisotopic (exact) mass is 458 g/mol. The molecular formula is C25H34N2O4S. The summed E-state index contributed by atoms with van der Waals surface area (Å²) in [5.74, 6) is 1.31. The van der Waals surface area contributed by atoms with Crippen molar-refractivity contribution in [2.24, 2.45) is 5.92 Å². The van der Waals surface area contributed by atoms with E-state index >= 15 is 0 Å². The predicted molar refractivity (Wildman–Crippen MR) is 127 cm³/mol. The number of carbonyl (C=O) groups is 1. The standard InChI is InChI=1S/C25H34N2O4S/c1-5-19(3)23-8-6-7-9-24(23)31-20(4)25(28)26-21-10-12-22(13-11-21)32(29,30)27-16-14-18(2)15-17-27/h6-13,18-20H,5,14-17H2,1-4H3,(H,26,28). The molecule has 1 N–H and O–H groups in total. The van der Waals surface area contributed by atoms with Gasteiger partial charge >= 0.3 is 0 Å². The van der Waals surface area contributed by atoms with E-state index in [1.54, 1.807) is 35.5 Å². The number of sulfonamides is 1. The molecule has 1 aliphatic heterocycles. The second-order valence-electron chi connectivity index (χ2n) is 8.71. The Labute approximate surface area is 192 Å². The lowest BCUT2D eigenvalue weighted by Gasteiger charge is -2.29. The molecule has 0 aromatic heterocycles. The van der Waals surface area contributed by atoms with E-state index in [4.69, 9.17) is 4.74 Å². The van der Waals surface area contributed by atoms with Gasteiger partial charge in [-0.2, -0.15) is 4.31 Å². The molecule has 0 radical (unpaired) electrons. The summed E-state index contributed by atoms with van der Waals surface area (Å²) in [6.07, 6.45) is 2.04. The number of anilines is 1. The van der Waals surface area contributed by atoms with E-state index in [1.807, 2.05) is 24.3 Å². The van der Waals surface area contributed by atoms with Gasteiger partial charge in [0.25, 0.3) is 5.91 Å². The number of rotatable bonds is 8. The Morgan fingerprint density at radius 3 is 2.34 bits per heavy atom. The Kier molecular flexibility index (Phi) is 7.96. The molecule has 32 heavy (non-hydrogen) atoms. The first-order valence-electron chi connectivity index (χ1n) is 11.4. The quantitative estimate of drug-likeness (QED) is 0.602. The molecule has 2 atom stereocenters. The number of nitrogens with zero attached hydrogens (tertiary/aromatic N) is 1. The van der Waals surface area contributed by atoms with Crippen molar-refractivity contribution < 1.29 is 17.9 Å². The SMILES string of the molecule is CCC(C)c1ccccc1OC(C)C(=O)Nc1ccc(S(=O)(=O)N2CCC(C)CC2)cc1. The van der Waals surface area contributed by atoms with Gasteiger partial charge < -0.3 is 10.1 Å². The lowest BCUT2D eigenvalue weighted by Crippen LogP contribution is -2.37. The zero-order chi connectivity index (χ0) is 23.3. The van der Waals surface area contributed by atoms with Crippen LogP contribution >= 0.6 is 0 Å². The van der Waals surface area contributed by atoms with E-state index in [1.165, 1.54) is 0 Å². The fourth-order valence-corrected chi connectivity index (χ4v) is 5.26. The molecular weight excluding hydrogens is 424 g/mol. The van der Waals surface area contributed by atoms with Gasteiger partial charge in [-0.05, 0) is 73.9 Å². The zero-order valence-electron chi connectivity index (χ0n) is 19.4. The van der Waals surface area contributed by atoms with Crippen LogP contribution in [0.4, 0.5) is 5.69 Å². The largest absolute Gasteiger partial charge is 0.481 e. The first kappa shape index (κ1) is 24.3. The van der Waals surface area contributed by atoms with Crippen molar-refractivity contribution in [3.63, 3.8) is 0 Å². The summed E-state index contributed by atoms with van der Waals surface area (Å²) in [6.45, 7) is 9.21. The highest BCUT2D eigenvalue weighted by atomic mass is 32.2. The van der Waals surface area contributed by atoms with Gasteiger partial charge in [0.05, 0.1) is 4.90 Å². The van der Waals surface area contributed by atoms with Gasteiger partial charge in [-0.25, -0.2) is 8.42 Å². The number of nitrogens with one attached hydrogen (secondary N) is 1. The van der Waals surface area contributed by atoms with Gasteiger partial charge in [0.15, 0.2) is 6.10 Å². The number of hydrogen-bond donors (Lipinski definition) is 1. The van der Waals surface area contributed by atoms with Gasteiger partial charge in [0.1, 0.15) is 5.75 Å². The lowest BCUT2D eigenvalue weighted by atomic mass is 9.98. The minimum Gasteiger partial charge on any atom is -0.481 e. The maximum absolute atomic E-state index is 12.9. The highest BCUT2D eigenvalue weighted by Gasteiger charge is 2.28. The number of ether oxygens (including phenoxy) is 1. The van der Waals surface area contributed by atoms with Crippen molar-refractivity contribution in [2.45, 2.75) is 63.9 Å². The molecule has 3 rings (SSSR count). The molecule has 0 bridgehead atoms. The van der Waals surface area contributed by atoms with Crippen LogP contribution in [0.5, 0.6) is 5.75 Å². The van der Waals surface area contributed by atoms with Crippen LogP contribution in [0.3, 0.4) is 0 Å². The second-order valence-corrected chi connectivity index (χ2v) is 10.6. The van der Waals surface area contributed by atoms with Crippen LogP contribution in [0.1, 0.15) is 58.4 Å². The molecule has 0 aliphatic carbocycles. The summed E-state index contributed by atoms with van der Waals surface area (Å²) >= 11 is 0. The molecule has 1 heterocycles. The number of amides is 1. The number of benzene rings is 2. The molecule has 1 aliphatic rings. The minimum atomic E-state index is -3.51. The van der Waals surface area contributed by atoms with E-state index in [-0.39, 0.29) is 10.8 Å². The summed E-state index contributed by atoms with van der Waals surface area (Å²) in [7, 11) is -3.51. The zero-order valence-corrected chi connectivity index (χ0v) is 20.2. The smallest absolute Gasteiger partial charge is 0.265 e. The summed E-state index contributed by atoms with van der Waals surface area (Å²) in [4.78, 5) is 12.9. The number of para-hydroxylation sites is 1. The Morgan fingerprint density at radius 2 is 1.72 bits per heavy atom. The van der Waals surface area contributed by atoms with Gasteiger partial charge in [-0.1, -0.05) is 39.0 Å². The Hall–Kier alpha value is -2.38. The third-order valence-corrected chi connectivity index (χ3v) is 8.15. The normalized spacial score (nSPS) is 17.5. The molecule has 1 amide bonds.